The van der Waals surface area contributed by atoms with Gasteiger partial charge in [0.1, 0.15) is 5.41 Å². The average molecular weight is 384 g/mol. The van der Waals surface area contributed by atoms with Crippen LogP contribution >= 0.6 is 0 Å². The molecule has 1 spiro atoms. The van der Waals surface area contributed by atoms with Crippen LogP contribution in [0.2, 0.25) is 0 Å². The van der Waals surface area contributed by atoms with E-state index < -0.39 is 23.0 Å². The third-order valence-electron chi connectivity index (χ3n) is 9.15. The molecule has 10 unspecified atom stereocenters. The van der Waals surface area contributed by atoms with Crippen molar-refractivity contribution in [1.82, 2.24) is 4.90 Å². The van der Waals surface area contributed by atoms with E-state index in [1.165, 1.54) is 18.4 Å². The predicted molar refractivity (Wildman–Crippen MR) is 103 cm³/mol. The van der Waals surface area contributed by atoms with E-state index in [1.807, 2.05) is 19.1 Å². The number of methoxy groups -OCH3 is 1. The minimum atomic E-state index is -0.960. The Morgan fingerprint density at radius 1 is 1.36 bits per heavy atom. The van der Waals surface area contributed by atoms with Crippen molar-refractivity contribution < 1.29 is 19.7 Å². The van der Waals surface area contributed by atoms with Crippen molar-refractivity contribution in [2.45, 2.75) is 55.5 Å². The lowest BCUT2D eigenvalue weighted by Crippen LogP contribution is -2.74. The zero-order valence-corrected chi connectivity index (χ0v) is 16.6. The van der Waals surface area contributed by atoms with Gasteiger partial charge < -0.3 is 19.8 Å². The monoisotopic (exact) mass is 384 g/mol. The average Bonchev–Trinajstić information content (AvgIpc) is 3.09. The first-order valence-corrected chi connectivity index (χ1v) is 10.4. The number of anilines is 1. The van der Waals surface area contributed by atoms with Gasteiger partial charge in [-0.05, 0) is 37.3 Å². The largest absolute Gasteiger partial charge is 0.468 e. The van der Waals surface area contributed by atoms with E-state index in [1.54, 1.807) is 0 Å². The van der Waals surface area contributed by atoms with Gasteiger partial charge in [-0.25, -0.2) is 0 Å². The molecule has 1 aliphatic carbocycles. The van der Waals surface area contributed by atoms with Crippen LogP contribution in [0, 0.1) is 17.3 Å². The van der Waals surface area contributed by atoms with Crippen LogP contribution in [0.25, 0.3) is 0 Å². The van der Waals surface area contributed by atoms with Crippen molar-refractivity contribution in [3.8, 4) is 0 Å². The van der Waals surface area contributed by atoms with Crippen molar-refractivity contribution in [2.75, 3.05) is 25.6 Å². The molecule has 7 rings (SSSR count). The normalized spacial score (nSPS) is 50.5. The smallest absolute Gasteiger partial charge is 0.316 e. The van der Waals surface area contributed by atoms with Crippen LogP contribution in [-0.4, -0.2) is 72.1 Å². The summed E-state index contributed by atoms with van der Waals surface area (Å²) in [7, 11) is 3.56. The number of nitrogens with zero attached hydrogens (tertiary/aromatic N) is 2. The highest BCUT2D eigenvalue weighted by molar-refractivity contribution is 5.83. The van der Waals surface area contributed by atoms with E-state index in [2.05, 4.69) is 29.0 Å². The first-order chi connectivity index (χ1) is 13.4. The molecular weight excluding hydrogens is 356 g/mol. The van der Waals surface area contributed by atoms with Crippen LogP contribution in [0.5, 0.6) is 0 Å². The second-order valence-electron chi connectivity index (χ2n) is 9.67. The topological polar surface area (TPSA) is 73.2 Å². The van der Waals surface area contributed by atoms with Gasteiger partial charge in [-0.1, -0.05) is 18.2 Å². The van der Waals surface area contributed by atoms with Crippen molar-refractivity contribution in [2.24, 2.45) is 17.3 Å². The molecule has 2 N–H and O–H groups in total. The van der Waals surface area contributed by atoms with Crippen LogP contribution in [0.15, 0.2) is 24.3 Å². The molecule has 4 saturated heterocycles. The van der Waals surface area contributed by atoms with E-state index in [0.29, 0.717) is 0 Å². The number of aliphatic hydroxyl groups excluding tert-OH is 2. The lowest BCUT2D eigenvalue weighted by molar-refractivity contribution is -0.205. The first-order valence-electron chi connectivity index (χ1n) is 10.4. The molecular formula is C22H28N2O4. The van der Waals surface area contributed by atoms with Gasteiger partial charge >= 0.3 is 5.97 Å². The lowest BCUT2D eigenvalue weighted by atomic mass is 9.56. The molecule has 1 aromatic carbocycles. The Labute approximate surface area is 165 Å². The molecule has 6 aliphatic rings. The number of aliphatic hydroxyl groups is 2. The van der Waals surface area contributed by atoms with Gasteiger partial charge in [0.2, 0.25) is 0 Å². The molecule has 0 radical (unpaired) electrons. The number of rotatable bonds is 2. The summed E-state index contributed by atoms with van der Waals surface area (Å²) in [4.78, 5) is 18.2. The molecule has 0 aromatic heterocycles. The first kappa shape index (κ1) is 17.2. The molecule has 6 nitrogen and oxygen atoms in total. The van der Waals surface area contributed by atoms with E-state index in [0.717, 1.165) is 19.4 Å². The van der Waals surface area contributed by atoms with Gasteiger partial charge in [0, 0.05) is 42.7 Å². The fourth-order valence-corrected chi connectivity index (χ4v) is 8.38. The van der Waals surface area contributed by atoms with Gasteiger partial charge in [0.05, 0.1) is 25.4 Å². The number of esters is 1. The molecule has 150 valence electrons. The number of likely N-dealkylation sites (N-methyl/N-ethyl adjacent to an activating group) is 1. The number of para-hydroxylation sites is 1. The Morgan fingerprint density at radius 3 is 2.82 bits per heavy atom. The number of hydrogen-bond acceptors (Lipinski definition) is 6. The second-order valence-corrected chi connectivity index (χ2v) is 9.67. The molecule has 5 bridgehead atoms. The number of piperidine rings is 4. The van der Waals surface area contributed by atoms with Crippen molar-refractivity contribution in [3.05, 3.63) is 29.8 Å². The van der Waals surface area contributed by atoms with Crippen molar-refractivity contribution in [1.29, 1.82) is 0 Å². The number of carbonyl (C=O) groups is 1. The molecule has 5 fully saturated rings. The molecule has 6 heteroatoms. The van der Waals surface area contributed by atoms with Crippen molar-refractivity contribution in [3.63, 3.8) is 0 Å². The Hall–Kier alpha value is -1.63. The summed E-state index contributed by atoms with van der Waals surface area (Å²) in [5.74, 6) is -0.371. The summed E-state index contributed by atoms with van der Waals surface area (Å²) in [5.41, 5.74) is 0.932. The van der Waals surface area contributed by atoms with E-state index in [-0.39, 0.29) is 35.9 Å². The molecule has 1 saturated carbocycles. The SMILES string of the molecule is COC(=O)C12C3CC4C5N(C)c6ccccc6C5(CC1N4CC3C(C)O)C2O. The molecule has 0 amide bonds. The molecule has 5 heterocycles. The maximum Gasteiger partial charge on any atom is 0.316 e. The minimum absolute atomic E-state index is 0.0178. The van der Waals surface area contributed by atoms with E-state index in [9.17, 15) is 15.0 Å². The highest BCUT2D eigenvalue weighted by atomic mass is 16.5. The number of benzene rings is 1. The Bertz CT molecular complexity index is 874. The van der Waals surface area contributed by atoms with Crippen LogP contribution in [0.3, 0.4) is 0 Å². The summed E-state index contributed by atoms with van der Waals surface area (Å²) < 4.78 is 5.35. The zero-order valence-electron chi connectivity index (χ0n) is 16.6. The maximum absolute atomic E-state index is 13.4. The number of fused-ring (bicyclic) bond motifs is 2. The quantitative estimate of drug-likeness (QED) is 0.733. The minimum Gasteiger partial charge on any atom is -0.468 e. The van der Waals surface area contributed by atoms with Gasteiger partial charge in [-0.2, -0.15) is 0 Å². The summed E-state index contributed by atoms with van der Waals surface area (Å²) in [6.45, 7) is 2.61. The molecule has 5 aliphatic heterocycles. The molecule has 28 heavy (non-hydrogen) atoms. The highest BCUT2D eigenvalue weighted by Gasteiger charge is 2.83. The predicted octanol–water partition coefficient (Wildman–Crippen LogP) is 0.750. The van der Waals surface area contributed by atoms with Crippen LogP contribution in [0.1, 0.15) is 25.3 Å². The Morgan fingerprint density at radius 2 is 2.11 bits per heavy atom. The van der Waals surface area contributed by atoms with Gasteiger partial charge in [0.25, 0.3) is 0 Å². The van der Waals surface area contributed by atoms with Crippen molar-refractivity contribution >= 4 is 11.7 Å². The van der Waals surface area contributed by atoms with Gasteiger partial charge in [-0.3, -0.25) is 9.69 Å². The van der Waals surface area contributed by atoms with Gasteiger partial charge in [-0.15, -0.1) is 0 Å². The summed E-state index contributed by atoms with van der Waals surface area (Å²) in [6.07, 6.45) is 0.273. The molecule has 1 aromatic rings. The third kappa shape index (κ3) is 1.49. The summed E-state index contributed by atoms with van der Waals surface area (Å²) in [6, 6.07) is 8.76. The van der Waals surface area contributed by atoms with Crippen LogP contribution in [-0.2, 0) is 14.9 Å². The van der Waals surface area contributed by atoms with Gasteiger partial charge in [0.15, 0.2) is 0 Å². The summed E-state index contributed by atoms with van der Waals surface area (Å²) >= 11 is 0. The van der Waals surface area contributed by atoms with E-state index >= 15 is 0 Å². The maximum atomic E-state index is 13.4. The van der Waals surface area contributed by atoms with Crippen LogP contribution < -0.4 is 4.90 Å². The summed E-state index contributed by atoms with van der Waals surface area (Å²) in [5, 5.41) is 22.6. The third-order valence-corrected chi connectivity index (χ3v) is 9.15. The zero-order chi connectivity index (χ0) is 19.6. The number of ether oxygens (including phenoxy) is 1. The standard InChI is InChI=1S/C22H28N2O4/c1-11(25)12-10-24-16-8-14(12)22(20(27)28-3)17(24)9-21(19(22)26)13-6-4-5-7-15(13)23(2)18(16)21/h4-7,11-12,14,16-19,25-26H,8-10H2,1-3H3. The number of carbonyl (C=O) groups excluding carboxylic acids is 1. The lowest BCUT2D eigenvalue weighted by Gasteiger charge is -2.63. The number of hydrogen-bond donors (Lipinski definition) is 2. The Balaban J connectivity index is 1.63. The highest BCUT2D eigenvalue weighted by Crippen LogP contribution is 2.72. The fraction of sp³-hybridized carbons (Fsp3) is 0.682. The fourth-order valence-electron chi connectivity index (χ4n) is 8.38. The van der Waals surface area contributed by atoms with E-state index in [4.69, 9.17) is 4.74 Å². The Kier molecular flexibility index (Phi) is 3.14. The molecule has 10 atom stereocenters. The second kappa shape index (κ2) is 5.10. The van der Waals surface area contributed by atoms with Crippen LogP contribution in [0.4, 0.5) is 5.69 Å².